The zero-order valence-corrected chi connectivity index (χ0v) is 18.7. The lowest BCUT2D eigenvalue weighted by molar-refractivity contribution is 0.0601. The van der Waals surface area contributed by atoms with Gasteiger partial charge in [0.1, 0.15) is 11.6 Å². The molecule has 0 aliphatic carbocycles. The summed E-state index contributed by atoms with van der Waals surface area (Å²) in [5, 5.41) is 1.68. The second kappa shape index (κ2) is 8.71. The van der Waals surface area contributed by atoms with Crippen molar-refractivity contribution in [1.29, 1.82) is 0 Å². The molecule has 2 N–H and O–H groups in total. The number of carbonyl (C=O) groups is 1. The molecule has 170 valence electrons. The van der Waals surface area contributed by atoms with Crippen LogP contribution in [0.2, 0.25) is 0 Å². The molecule has 0 bridgehead atoms. The summed E-state index contributed by atoms with van der Waals surface area (Å²) in [5.74, 6) is 1.48. The first-order chi connectivity index (χ1) is 16.1. The van der Waals surface area contributed by atoms with E-state index in [0.29, 0.717) is 34.8 Å². The van der Waals surface area contributed by atoms with Gasteiger partial charge >= 0.3 is 5.97 Å². The molecule has 2 aromatic carbocycles. The van der Waals surface area contributed by atoms with Crippen LogP contribution in [0.15, 0.2) is 47.4 Å². The average Bonchev–Trinajstić information content (AvgIpc) is 3.27. The summed E-state index contributed by atoms with van der Waals surface area (Å²) in [7, 11) is 3.02. The number of rotatable bonds is 5. The van der Waals surface area contributed by atoms with Crippen molar-refractivity contribution in [2.24, 2.45) is 0 Å². The Morgan fingerprint density at radius 2 is 1.94 bits per heavy atom. The molecule has 8 nitrogen and oxygen atoms in total. The first-order valence-electron chi connectivity index (χ1n) is 11.0. The van der Waals surface area contributed by atoms with Crippen molar-refractivity contribution < 1.29 is 14.3 Å². The van der Waals surface area contributed by atoms with Gasteiger partial charge in [-0.25, -0.2) is 9.78 Å². The number of likely N-dealkylation sites (tertiary alicyclic amines) is 1. The number of fused-ring (bicyclic) bond motifs is 2. The summed E-state index contributed by atoms with van der Waals surface area (Å²) in [6, 6.07) is 10.9. The number of aromatic nitrogens is 3. The molecule has 5 rings (SSSR count). The van der Waals surface area contributed by atoms with Crippen LogP contribution >= 0.6 is 0 Å². The summed E-state index contributed by atoms with van der Waals surface area (Å²) >= 11 is 0. The molecule has 1 fully saturated rings. The van der Waals surface area contributed by atoms with Gasteiger partial charge in [-0.3, -0.25) is 9.69 Å². The summed E-state index contributed by atoms with van der Waals surface area (Å²) < 4.78 is 10.2. The van der Waals surface area contributed by atoms with Crippen molar-refractivity contribution in [2.75, 3.05) is 27.3 Å². The molecule has 8 heteroatoms. The highest BCUT2D eigenvalue weighted by molar-refractivity contribution is 5.94. The maximum absolute atomic E-state index is 12.5. The maximum Gasteiger partial charge on any atom is 0.337 e. The van der Waals surface area contributed by atoms with Crippen molar-refractivity contribution in [1.82, 2.24) is 19.9 Å². The minimum atomic E-state index is -0.447. The summed E-state index contributed by atoms with van der Waals surface area (Å²) in [6.07, 6.45) is 4.16. The van der Waals surface area contributed by atoms with E-state index in [1.54, 1.807) is 25.3 Å². The van der Waals surface area contributed by atoms with Crippen LogP contribution in [0.3, 0.4) is 0 Å². The fraction of sp³-hybridized carbons (Fsp3) is 0.320. The van der Waals surface area contributed by atoms with E-state index in [1.807, 2.05) is 6.07 Å². The van der Waals surface area contributed by atoms with Crippen LogP contribution in [-0.2, 0) is 11.3 Å². The molecule has 0 amide bonds. The van der Waals surface area contributed by atoms with Crippen LogP contribution in [0.1, 0.15) is 40.5 Å². The van der Waals surface area contributed by atoms with Crippen LogP contribution in [-0.4, -0.2) is 53.1 Å². The Balaban J connectivity index is 1.31. The van der Waals surface area contributed by atoms with Crippen LogP contribution in [0.25, 0.3) is 21.8 Å². The Morgan fingerprint density at radius 3 is 2.70 bits per heavy atom. The van der Waals surface area contributed by atoms with E-state index in [9.17, 15) is 9.59 Å². The van der Waals surface area contributed by atoms with Crippen molar-refractivity contribution in [3.05, 3.63) is 69.9 Å². The summed E-state index contributed by atoms with van der Waals surface area (Å²) in [4.78, 5) is 37.6. The fourth-order valence-corrected chi connectivity index (χ4v) is 4.71. The highest BCUT2D eigenvalue weighted by atomic mass is 16.5. The molecule has 2 aromatic heterocycles. The Hall–Kier alpha value is -3.65. The first-order valence-corrected chi connectivity index (χ1v) is 11.0. The highest BCUT2D eigenvalue weighted by Gasteiger charge is 2.23. The third-order valence-electron chi connectivity index (χ3n) is 6.50. The van der Waals surface area contributed by atoms with Gasteiger partial charge in [0.15, 0.2) is 0 Å². The zero-order chi connectivity index (χ0) is 22.9. The number of nitrogens with zero attached hydrogens (tertiary/aromatic N) is 2. The average molecular weight is 447 g/mol. The number of hydrogen-bond acceptors (Lipinski definition) is 6. The second-order valence-corrected chi connectivity index (χ2v) is 8.44. The predicted octanol–water partition coefficient (Wildman–Crippen LogP) is 3.58. The lowest BCUT2D eigenvalue weighted by Gasteiger charge is -2.31. The van der Waals surface area contributed by atoms with E-state index in [0.717, 1.165) is 37.2 Å². The molecule has 1 aliphatic rings. The minimum Gasteiger partial charge on any atom is -0.497 e. The SMILES string of the molecule is COC(=O)c1ccc2c(=O)[nH]c(CN3CCC(c4c[nH]c5ccc(OC)cc45)CC3)nc2c1. The van der Waals surface area contributed by atoms with E-state index in [-0.39, 0.29) is 5.56 Å². The highest BCUT2D eigenvalue weighted by Crippen LogP contribution is 2.34. The third kappa shape index (κ3) is 4.09. The molecule has 1 saturated heterocycles. The molecule has 0 unspecified atom stereocenters. The van der Waals surface area contributed by atoms with Gasteiger partial charge in [0.25, 0.3) is 5.56 Å². The van der Waals surface area contributed by atoms with Crippen molar-refractivity contribution in [2.45, 2.75) is 25.3 Å². The fourth-order valence-electron chi connectivity index (χ4n) is 4.71. The number of methoxy groups -OCH3 is 2. The van der Waals surface area contributed by atoms with Crippen LogP contribution < -0.4 is 10.3 Å². The van der Waals surface area contributed by atoms with E-state index >= 15 is 0 Å². The quantitative estimate of drug-likeness (QED) is 0.455. The number of ether oxygens (including phenoxy) is 2. The minimum absolute atomic E-state index is 0.200. The van der Waals surface area contributed by atoms with Gasteiger partial charge in [-0.1, -0.05) is 0 Å². The molecule has 3 heterocycles. The van der Waals surface area contributed by atoms with Gasteiger partial charge in [-0.05, 0) is 73.8 Å². The van der Waals surface area contributed by atoms with E-state index < -0.39 is 5.97 Å². The summed E-state index contributed by atoms with van der Waals surface area (Å²) in [6.45, 7) is 2.37. The van der Waals surface area contributed by atoms with Crippen LogP contribution in [0.5, 0.6) is 5.75 Å². The third-order valence-corrected chi connectivity index (χ3v) is 6.50. The zero-order valence-electron chi connectivity index (χ0n) is 18.7. The number of nitrogens with one attached hydrogen (secondary N) is 2. The number of piperidine rings is 1. The number of esters is 1. The first kappa shape index (κ1) is 21.2. The van der Waals surface area contributed by atoms with Crippen LogP contribution in [0, 0.1) is 0 Å². The van der Waals surface area contributed by atoms with Gasteiger partial charge in [0.05, 0.1) is 37.2 Å². The lowest BCUT2D eigenvalue weighted by Crippen LogP contribution is -2.33. The topological polar surface area (TPSA) is 100 Å². The largest absolute Gasteiger partial charge is 0.497 e. The number of benzene rings is 2. The van der Waals surface area contributed by atoms with Gasteiger partial charge in [0.2, 0.25) is 0 Å². The van der Waals surface area contributed by atoms with Gasteiger partial charge in [-0.2, -0.15) is 0 Å². The molecular formula is C25H26N4O4. The standard InChI is InChI=1S/C25H26N4O4/c1-32-17-4-6-21-19(12-17)20(13-26-21)15-7-9-29(10-8-15)14-23-27-22-11-16(25(31)33-2)3-5-18(22)24(30)28-23/h3-6,11-13,15,26H,7-10,14H2,1-2H3,(H,27,28,30). The smallest absolute Gasteiger partial charge is 0.337 e. The van der Waals surface area contributed by atoms with Gasteiger partial charge < -0.3 is 19.4 Å². The van der Waals surface area contributed by atoms with Gasteiger partial charge in [-0.15, -0.1) is 0 Å². The Labute approximate surface area is 190 Å². The Bertz CT molecular complexity index is 1380. The lowest BCUT2D eigenvalue weighted by atomic mass is 9.89. The normalized spacial score (nSPS) is 15.2. The van der Waals surface area contributed by atoms with Crippen molar-refractivity contribution >= 4 is 27.8 Å². The maximum atomic E-state index is 12.5. The van der Waals surface area contributed by atoms with Crippen molar-refractivity contribution in [3.63, 3.8) is 0 Å². The Morgan fingerprint density at radius 1 is 1.12 bits per heavy atom. The van der Waals surface area contributed by atoms with E-state index in [2.05, 4.69) is 38.2 Å². The molecule has 0 spiro atoms. The van der Waals surface area contributed by atoms with Crippen molar-refractivity contribution in [3.8, 4) is 5.75 Å². The Kier molecular flexibility index (Phi) is 5.60. The molecule has 0 radical (unpaired) electrons. The molecule has 0 atom stereocenters. The van der Waals surface area contributed by atoms with E-state index in [1.165, 1.54) is 18.1 Å². The number of carbonyl (C=O) groups excluding carboxylic acids is 1. The predicted molar refractivity (Wildman–Crippen MR) is 126 cm³/mol. The number of aromatic amines is 2. The van der Waals surface area contributed by atoms with E-state index in [4.69, 9.17) is 9.47 Å². The molecule has 33 heavy (non-hydrogen) atoms. The van der Waals surface area contributed by atoms with Crippen LogP contribution in [0.4, 0.5) is 0 Å². The van der Waals surface area contributed by atoms with Gasteiger partial charge in [0, 0.05) is 17.1 Å². The molecular weight excluding hydrogens is 420 g/mol. The summed E-state index contributed by atoms with van der Waals surface area (Å²) in [5.41, 5.74) is 3.13. The molecule has 0 saturated carbocycles. The number of H-pyrrole nitrogens is 2. The number of hydrogen-bond donors (Lipinski definition) is 2. The monoisotopic (exact) mass is 446 g/mol. The second-order valence-electron chi connectivity index (χ2n) is 8.44. The molecule has 1 aliphatic heterocycles. The molecule has 4 aromatic rings.